The summed E-state index contributed by atoms with van der Waals surface area (Å²) in [4.78, 5) is 25.0. The number of hydrogen-bond donors (Lipinski definition) is 1. The van der Waals surface area contributed by atoms with Gasteiger partial charge in [-0.25, -0.2) is 9.37 Å². The van der Waals surface area contributed by atoms with Crippen molar-refractivity contribution in [3.63, 3.8) is 0 Å². The third-order valence-electron chi connectivity index (χ3n) is 5.91. The number of rotatable bonds is 5. The molecule has 1 aromatic heterocycles. The zero-order valence-corrected chi connectivity index (χ0v) is 17.8. The number of imidazole rings is 1. The van der Waals surface area contributed by atoms with Crippen LogP contribution >= 0.6 is 0 Å². The fraction of sp³-hybridized carbons (Fsp3) is 0.375. The largest absolute Gasteiger partial charge is 0.341 e. The number of nitriles is 1. The summed E-state index contributed by atoms with van der Waals surface area (Å²) < 4.78 is 14.1. The Morgan fingerprint density at radius 1 is 1.29 bits per heavy atom. The zero-order chi connectivity index (χ0) is 22.0. The minimum absolute atomic E-state index is 0.0115. The Hall–Kier alpha value is -3.24. The molecule has 0 unspecified atom stereocenters. The molecule has 1 aliphatic rings. The molecule has 6 nitrogen and oxygen atoms in total. The number of carbonyl (C=O) groups is 1. The number of amides is 1. The van der Waals surface area contributed by atoms with E-state index in [2.05, 4.69) is 34.8 Å². The molecule has 0 bridgehead atoms. The van der Waals surface area contributed by atoms with Gasteiger partial charge in [-0.1, -0.05) is 32.0 Å². The summed E-state index contributed by atoms with van der Waals surface area (Å²) in [6, 6.07) is 14.4. The molecule has 1 saturated heterocycles. The van der Waals surface area contributed by atoms with Crippen LogP contribution < -0.4 is 0 Å². The van der Waals surface area contributed by atoms with Crippen LogP contribution in [-0.4, -0.2) is 51.4 Å². The molecule has 1 aliphatic heterocycles. The molecule has 2 aromatic carbocycles. The number of aromatic nitrogens is 2. The number of nitrogens with zero attached hydrogens (tertiary/aromatic N) is 4. The average Bonchev–Trinajstić information content (AvgIpc) is 3.16. The number of aromatic amines is 1. The van der Waals surface area contributed by atoms with Crippen molar-refractivity contribution in [1.82, 2.24) is 19.8 Å². The Morgan fingerprint density at radius 2 is 2.10 bits per heavy atom. The fourth-order valence-corrected chi connectivity index (χ4v) is 4.22. The van der Waals surface area contributed by atoms with Gasteiger partial charge in [-0.2, -0.15) is 5.26 Å². The molecule has 2 heterocycles. The summed E-state index contributed by atoms with van der Waals surface area (Å²) in [5.41, 5.74) is 2.79. The summed E-state index contributed by atoms with van der Waals surface area (Å²) in [7, 11) is 0. The monoisotopic (exact) mass is 419 g/mol. The van der Waals surface area contributed by atoms with E-state index in [-0.39, 0.29) is 30.1 Å². The van der Waals surface area contributed by atoms with Crippen molar-refractivity contribution in [2.24, 2.45) is 5.92 Å². The maximum Gasteiger partial charge on any atom is 0.254 e. The molecular formula is C24H26FN5O. The van der Waals surface area contributed by atoms with Crippen molar-refractivity contribution >= 4 is 16.9 Å². The Bertz CT molecular complexity index is 1130. The summed E-state index contributed by atoms with van der Waals surface area (Å²) in [5.74, 6) is 0.669. The lowest BCUT2D eigenvalue weighted by Crippen LogP contribution is -2.56. The number of hydrogen-bond acceptors (Lipinski definition) is 4. The zero-order valence-electron chi connectivity index (χ0n) is 17.8. The number of nitrogens with one attached hydrogen (secondary N) is 1. The number of halogens is 1. The van der Waals surface area contributed by atoms with E-state index in [1.54, 1.807) is 12.1 Å². The van der Waals surface area contributed by atoms with Gasteiger partial charge in [0.1, 0.15) is 11.6 Å². The molecule has 7 heteroatoms. The van der Waals surface area contributed by atoms with Crippen LogP contribution in [0.5, 0.6) is 0 Å². The third kappa shape index (κ3) is 4.44. The van der Waals surface area contributed by atoms with E-state index >= 15 is 0 Å². The molecule has 0 aliphatic carbocycles. The van der Waals surface area contributed by atoms with Crippen LogP contribution in [0.25, 0.3) is 11.0 Å². The van der Waals surface area contributed by atoms with Gasteiger partial charge in [0.15, 0.2) is 0 Å². The number of fused-ring (bicyclic) bond motifs is 1. The summed E-state index contributed by atoms with van der Waals surface area (Å²) in [5, 5.41) is 8.87. The van der Waals surface area contributed by atoms with Gasteiger partial charge in [0.2, 0.25) is 0 Å². The van der Waals surface area contributed by atoms with Gasteiger partial charge < -0.3 is 9.88 Å². The fourth-order valence-electron chi connectivity index (χ4n) is 4.22. The summed E-state index contributed by atoms with van der Waals surface area (Å²) >= 11 is 0. The molecular weight excluding hydrogens is 393 g/mol. The topological polar surface area (TPSA) is 76.0 Å². The van der Waals surface area contributed by atoms with Crippen LogP contribution in [0.3, 0.4) is 0 Å². The predicted octanol–water partition coefficient (Wildman–Crippen LogP) is 3.75. The lowest BCUT2D eigenvalue weighted by atomic mass is 9.98. The van der Waals surface area contributed by atoms with Gasteiger partial charge in [-0.05, 0) is 30.2 Å². The van der Waals surface area contributed by atoms with E-state index < -0.39 is 0 Å². The number of piperazine rings is 1. The van der Waals surface area contributed by atoms with E-state index in [1.165, 1.54) is 6.07 Å². The van der Waals surface area contributed by atoms with Crippen LogP contribution in [0.15, 0.2) is 42.5 Å². The minimum atomic E-state index is -0.189. The van der Waals surface area contributed by atoms with E-state index in [1.807, 2.05) is 29.2 Å². The lowest BCUT2D eigenvalue weighted by molar-refractivity contribution is 0.0326. The van der Waals surface area contributed by atoms with E-state index in [0.717, 1.165) is 11.0 Å². The Kier molecular flexibility index (Phi) is 6.01. The van der Waals surface area contributed by atoms with E-state index in [4.69, 9.17) is 5.26 Å². The lowest BCUT2D eigenvalue weighted by Gasteiger charge is -2.43. The van der Waals surface area contributed by atoms with Gasteiger partial charge in [-0.3, -0.25) is 9.69 Å². The first-order valence-corrected chi connectivity index (χ1v) is 10.6. The Balaban J connectivity index is 1.52. The second-order valence-corrected chi connectivity index (χ2v) is 8.39. The molecule has 0 saturated carbocycles. The quantitative estimate of drug-likeness (QED) is 0.683. The minimum Gasteiger partial charge on any atom is -0.341 e. The number of benzene rings is 2. The Labute approximate surface area is 181 Å². The highest BCUT2D eigenvalue weighted by molar-refractivity contribution is 5.97. The molecule has 0 spiro atoms. The van der Waals surface area contributed by atoms with Gasteiger partial charge in [0.25, 0.3) is 5.91 Å². The van der Waals surface area contributed by atoms with Crippen molar-refractivity contribution in [2.45, 2.75) is 32.9 Å². The maximum atomic E-state index is 14.1. The number of H-pyrrole nitrogens is 1. The molecule has 3 aromatic rings. The average molecular weight is 420 g/mol. The second-order valence-electron chi connectivity index (χ2n) is 8.39. The molecule has 160 valence electrons. The van der Waals surface area contributed by atoms with Gasteiger partial charge in [0, 0.05) is 43.3 Å². The summed E-state index contributed by atoms with van der Waals surface area (Å²) in [6.07, 6.45) is 0.206. The van der Waals surface area contributed by atoms with Crippen molar-refractivity contribution in [2.75, 3.05) is 19.6 Å². The van der Waals surface area contributed by atoms with E-state index in [9.17, 15) is 9.18 Å². The highest BCUT2D eigenvalue weighted by Crippen LogP contribution is 2.23. The van der Waals surface area contributed by atoms with Crippen LogP contribution in [0, 0.1) is 23.1 Å². The maximum absolute atomic E-state index is 14.1. The molecule has 31 heavy (non-hydrogen) atoms. The molecule has 1 fully saturated rings. The second kappa shape index (κ2) is 8.86. The standard InChI is InChI=1S/C24H26FN5O/c1-16(2)22-15-29(14-18-5-3-4-6-19(18)25)11-12-30(22)24(31)17-7-8-20-21(13-17)28-23(27-20)9-10-26/h3-8,13,16,22H,9,11-12,14-15H2,1-2H3,(H,27,28)/t22-/m1/s1. The van der Waals surface area contributed by atoms with Crippen LogP contribution in [0.1, 0.15) is 35.6 Å². The van der Waals surface area contributed by atoms with Crippen LogP contribution in [-0.2, 0) is 13.0 Å². The SMILES string of the molecule is CC(C)[C@H]1CN(Cc2ccccc2F)CCN1C(=O)c1ccc2nc(CC#N)[nH]c2c1. The van der Waals surface area contributed by atoms with E-state index in [0.29, 0.717) is 43.1 Å². The number of carbonyl (C=O) groups excluding carboxylic acids is 1. The Morgan fingerprint density at radius 3 is 2.84 bits per heavy atom. The first kappa shape index (κ1) is 21.0. The highest BCUT2D eigenvalue weighted by atomic mass is 19.1. The van der Waals surface area contributed by atoms with Crippen LogP contribution in [0.2, 0.25) is 0 Å². The first-order valence-electron chi connectivity index (χ1n) is 10.6. The summed E-state index contributed by atoms with van der Waals surface area (Å²) in [6.45, 7) is 6.77. The highest BCUT2D eigenvalue weighted by Gasteiger charge is 2.33. The van der Waals surface area contributed by atoms with Crippen molar-refractivity contribution in [3.05, 3.63) is 65.2 Å². The van der Waals surface area contributed by atoms with Crippen LogP contribution in [0.4, 0.5) is 4.39 Å². The first-order chi connectivity index (χ1) is 15.0. The van der Waals surface area contributed by atoms with Crippen molar-refractivity contribution < 1.29 is 9.18 Å². The van der Waals surface area contributed by atoms with Crippen molar-refractivity contribution in [1.29, 1.82) is 5.26 Å². The smallest absolute Gasteiger partial charge is 0.254 e. The predicted molar refractivity (Wildman–Crippen MR) is 117 cm³/mol. The third-order valence-corrected chi connectivity index (χ3v) is 5.91. The van der Waals surface area contributed by atoms with Crippen molar-refractivity contribution in [3.8, 4) is 6.07 Å². The normalized spacial score (nSPS) is 17.3. The molecule has 1 amide bonds. The van der Waals surface area contributed by atoms with Gasteiger partial charge >= 0.3 is 0 Å². The molecule has 1 atom stereocenters. The molecule has 4 rings (SSSR count). The molecule has 0 radical (unpaired) electrons. The van der Waals surface area contributed by atoms with Gasteiger partial charge in [-0.15, -0.1) is 0 Å². The molecule has 1 N–H and O–H groups in total. The van der Waals surface area contributed by atoms with Gasteiger partial charge in [0.05, 0.1) is 23.5 Å².